The molecule has 3 heteroatoms. The molecule has 0 aliphatic carbocycles. The molecule has 1 aromatic heterocycles. The molecule has 0 aliphatic rings. The molecule has 0 unspecified atom stereocenters. The summed E-state index contributed by atoms with van der Waals surface area (Å²) in [6, 6.07) is 0. The van der Waals surface area contributed by atoms with Crippen molar-refractivity contribution < 1.29 is 0 Å². The van der Waals surface area contributed by atoms with E-state index in [1.165, 1.54) is 0 Å². The van der Waals surface area contributed by atoms with Crippen LogP contribution in [0.15, 0.2) is 18.5 Å². The second-order valence-corrected chi connectivity index (χ2v) is 2.52. The van der Waals surface area contributed by atoms with Gasteiger partial charge in [0.15, 0.2) is 0 Å². The van der Waals surface area contributed by atoms with Gasteiger partial charge in [0.1, 0.15) is 5.82 Å². The molecule has 0 aromatic carbocycles. The lowest BCUT2D eigenvalue weighted by molar-refractivity contribution is 0.922. The highest BCUT2D eigenvalue weighted by atomic mass is 14.8. The van der Waals surface area contributed by atoms with Crippen LogP contribution in [-0.4, -0.2) is 23.6 Å². The SMILES string of the molecule is CNCC=Cc1cnc(C)nc1. The molecular formula is C9H13N3. The maximum atomic E-state index is 4.08. The summed E-state index contributed by atoms with van der Waals surface area (Å²) in [5, 5.41) is 3.02. The van der Waals surface area contributed by atoms with Crippen molar-refractivity contribution in [3.8, 4) is 0 Å². The highest BCUT2D eigenvalue weighted by Gasteiger charge is 1.87. The normalized spacial score (nSPS) is 10.8. The Morgan fingerprint density at radius 1 is 1.42 bits per heavy atom. The van der Waals surface area contributed by atoms with Gasteiger partial charge in [-0.2, -0.15) is 0 Å². The fraction of sp³-hybridized carbons (Fsp3) is 0.333. The molecule has 0 bridgehead atoms. The van der Waals surface area contributed by atoms with Crippen LogP contribution in [-0.2, 0) is 0 Å². The van der Waals surface area contributed by atoms with Gasteiger partial charge in [0.2, 0.25) is 0 Å². The van der Waals surface area contributed by atoms with E-state index in [1.807, 2.05) is 38.5 Å². The van der Waals surface area contributed by atoms with E-state index in [9.17, 15) is 0 Å². The summed E-state index contributed by atoms with van der Waals surface area (Å²) in [5.74, 6) is 0.806. The number of likely N-dealkylation sites (N-methyl/N-ethyl adjacent to an activating group) is 1. The molecule has 0 amide bonds. The van der Waals surface area contributed by atoms with E-state index >= 15 is 0 Å². The van der Waals surface area contributed by atoms with E-state index in [2.05, 4.69) is 15.3 Å². The second kappa shape index (κ2) is 4.62. The standard InChI is InChI=1S/C9H13N3/c1-8-11-6-9(7-12-8)4-3-5-10-2/h3-4,6-7,10H,5H2,1-2H3. The number of nitrogens with zero attached hydrogens (tertiary/aromatic N) is 2. The fourth-order valence-corrected chi connectivity index (χ4v) is 0.801. The van der Waals surface area contributed by atoms with Gasteiger partial charge in [-0.1, -0.05) is 12.2 Å². The topological polar surface area (TPSA) is 37.8 Å². The minimum atomic E-state index is 0.806. The summed E-state index contributed by atoms with van der Waals surface area (Å²) in [6.45, 7) is 2.75. The molecule has 1 heterocycles. The lowest BCUT2D eigenvalue weighted by Gasteiger charge is -1.92. The number of hydrogen-bond acceptors (Lipinski definition) is 3. The van der Waals surface area contributed by atoms with Crippen LogP contribution >= 0.6 is 0 Å². The molecular weight excluding hydrogens is 150 g/mol. The fourth-order valence-electron chi connectivity index (χ4n) is 0.801. The molecule has 1 rings (SSSR count). The van der Waals surface area contributed by atoms with Gasteiger partial charge in [0, 0.05) is 24.5 Å². The van der Waals surface area contributed by atoms with E-state index in [4.69, 9.17) is 0 Å². The first-order chi connectivity index (χ1) is 5.83. The van der Waals surface area contributed by atoms with Gasteiger partial charge in [-0.05, 0) is 14.0 Å². The summed E-state index contributed by atoms with van der Waals surface area (Å²) in [6.07, 6.45) is 7.66. The molecule has 1 N–H and O–H groups in total. The molecule has 12 heavy (non-hydrogen) atoms. The van der Waals surface area contributed by atoms with Crippen LogP contribution in [0.4, 0.5) is 0 Å². The smallest absolute Gasteiger partial charge is 0.125 e. The Bertz CT molecular complexity index is 251. The molecule has 3 nitrogen and oxygen atoms in total. The van der Waals surface area contributed by atoms with E-state index < -0.39 is 0 Å². The van der Waals surface area contributed by atoms with E-state index in [0.29, 0.717) is 0 Å². The Morgan fingerprint density at radius 3 is 2.67 bits per heavy atom. The predicted octanol–water partition coefficient (Wildman–Crippen LogP) is 1.02. The highest BCUT2D eigenvalue weighted by molar-refractivity contribution is 5.46. The molecule has 0 radical (unpaired) electrons. The summed E-state index contributed by atoms with van der Waals surface area (Å²) >= 11 is 0. The van der Waals surface area contributed by atoms with Gasteiger partial charge in [-0.15, -0.1) is 0 Å². The minimum Gasteiger partial charge on any atom is -0.316 e. The third kappa shape index (κ3) is 2.80. The first kappa shape index (κ1) is 8.87. The maximum absolute atomic E-state index is 4.08. The van der Waals surface area contributed by atoms with E-state index in [0.717, 1.165) is 17.9 Å². The quantitative estimate of drug-likeness (QED) is 0.723. The van der Waals surface area contributed by atoms with Crippen LogP contribution in [0.2, 0.25) is 0 Å². The number of hydrogen-bond donors (Lipinski definition) is 1. The largest absolute Gasteiger partial charge is 0.316 e. The zero-order valence-corrected chi connectivity index (χ0v) is 7.41. The maximum Gasteiger partial charge on any atom is 0.125 e. The molecule has 1 aromatic rings. The van der Waals surface area contributed by atoms with Gasteiger partial charge in [-0.25, -0.2) is 9.97 Å². The Labute approximate surface area is 72.6 Å². The molecule has 64 valence electrons. The summed E-state index contributed by atoms with van der Waals surface area (Å²) in [5.41, 5.74) is 1.04. The summed E-state index contributed by atoms with van der Waals surface area (Å²) < 4.78 is 0. The first-order valence-electron chi connectivity index (χ1n) is 3.92. The van der Waals surface area contributed by atoms with Gasteiger partial charge in [0.25, 0.3) is 0 Å². The third-order valence-corrected chi connectivity index (χ3v) is 1.43. The van der Waals surface area contributed by atoms with Crippen molar-refractivity contribution >= 4 is 6.08 Å². The van der Waals surface area contributed by atoms with Gasteiger partial charge >= 0.3 is 0 Å². The molecule has 0 saturated heterocycles. The summed E-state index contributed by atoms with van der Waals surface area (Å²) in [4.78, 5) is 8.15. The molecule has 0 saturated carbocycles. The van der Waals surface area contributed by atoms with Gasteiger partial charge in [0.05, 0.1) is 0 Å². The van der Waals surface area contributed by atoms with Crippen LogP contribution < -0.4 is 5.32 Å². The Morgan fingerprint density at radius 2 is 2.08 bits per heavy atom. The van der Waals surface area contributed by atoms with Crippen molar-refractivity contribution in [1.82, 2.24) is 15.3 Å². The number of aryl methyl sites for hydroxylation is 1. The van der Waals surface area contributed by atoms with Crippen molar-refractivity contribution in [2.45, 2.75) is 6.92 Å². The average Bonchev–Trinajstić information content (AvgIpc) is 2.09. The lowest BCUT2D eigenvalue weighted by atomic mass is 10.3. The van der Waals surface area contributed by atoms with Crippen LogP contribution in [0.5, 0.6) is 0 Å². The monoisotopic (exact) mass is 163 g/mol. The predicted molar refractivity (Wildman–Crippen MR) is 49.7 cm³/mol. The van der Waals surface area contributed by atoms with Gasteiger partial charge in [-0.3, -0.25) is 0 Å². The lowest BCUT2D eigenvalue weighted by Crippen LogP contribution is -2.03. The Kier molecular flexibility index (Phi) is 3.41. The molecule has 0 fully saturated rings. The summed E-state index contributed by atoms with van der Waals surface area (Å²) in [7, 11) is 1.91. The Hall–Kier alpha value is -1.22. The number of rotatable bonds is 3. The minimum absolute atomic E-state index is 0.806. The molecule has 0 atom stereocenters. The van der Waals surface area contributed by atoms with Crippen molar-refractivity contribution in [3.63, 3.8) is 0 Å². The molecule has 0 aliphatic heterocycles. The number of nitrogens with one attached hydrogen (secondary N) is 1. The number of aromatic nitrogens is 2. The Balaban J connectivity index is 2.58. The van der Waals surface area contributed by atoms with E-state index in [1.54, 1.807) is 0 Å². The molecule has 0 spiro atoms. The van der Waals surface area contributed by atoms with Crippen LogP contribution in [0.3, 0.4) is 0 Å². The van der Waals surface area contributed by atoms with E-state index in [-0.39, 0.29) is 0 Å². The highest BCUT2D eigenvalue weighted by Crippen LogP contribution is 1.97. The zero-order valence-electron chi connectivity index (χ0n) is 7.41. The van der Waals surface area contributed by atoms with Crippen molar-refractivity contribution in [1.29, 1.82) is 0 Å². The third-order valence-electron chi connectivity index (χ3n) is 1.43. The second-order valence-electron chi connectivity index (χ2n) is 2.52. The van der Waals surface area contributed by atoms with Crippen LogP contribution in [0.25, 0.3) is 6.08 Å². The zero-order chi connectivity index (χ0) is 8.81. The van der Waals surface area contributed by atoms with Crippen molar-refractivity contribution in [3.05, 3.63) is 29.9 Å². The van der Waals surface area contributed by atoms with Crippen LogP contribution in [0.1, 0.15) is 11.4 Å². The van der Waals surface area contributed by atoms with Crippen molar-refractivity contribution in [2.24, 2.45) is 0 Å². The average molecular weight is 163 g/mol. The van der Waals surface area contributed by atoms with Gasteiger partial charge < -0.3 is 5.32 Å². The first-order valence-corrected chi connectivity index (χ1v) is 3.92. The van der Waals surface area contributed by atoms with Crippen LogP contribution in [0, 0.1) is 6.92 Å². The van der Waals surface area contributed by atoms with Crippen molar-refractivity contribution in [2.75, 3.05) is 13.6 Å².